The van der Waals surface area contributed by atoms with Crippen LogP contribution in [0.4, 0.5) is 0 Å². The van der Waals surface area contributed by atoms with E-state index in [0.717, 1.165) is 0 Å². The predicted molar refractivity (Wildman–Crippen MR) is 151 cm³/mol. The number of nitrogens with zero attached hydrogens (tertiary/aromatic N) is 2. The number of benzene rings is 2. The Bertz CT molecular complexity index is 1220. The van der Waals surface area contributed by atoms with E-state index in [-0.39, 0.29) is 17.5 Å². The molecule has 0 spiro atoms. The van der Waals surface area contributed by atoms with Crippen molar-refractivity contribution in [1.82, 2.24) is 14.5 Å². The fourth-order valence-electron chi connectivity index (χ4n) is 5.03. The highest BCUT2D eigenvalue weighted by atomic mass is 28.4. The van der Waals surface area contributed by atoms with Gasteiger partial charge in [-0.3, -0.25) is 19.1 Å². The summed E-state index contributed by atoms with van der Waals surface area (Å²) in [4.78, 5) is 41.5. The van der Waals surface area contributed by atoms with Gasteiger partial charge < -0.3 is 9.33 Å². The van der Waals surface area contributed by atoms with Crippen molar-refractivity contribution in [1.29, 1.82) is 0 Å². The molecule has 3 rings (SSSR count). The third-order valence-electron chi connectivity index (χ3n) is 6.94. The maximum Gasteiger partial charge on any atom is 0.328 e. The highest BCUT2D eigenvalue weighted by Crippen LogP contribution is 2.37. The van der Waals surface area contributed by atoms with Crippen LogP contribution in [-0.4, -0.2) is 48.4 Å². The number of H-pyrrole nitrogens is 1. The van der Waals surface area contributed by atoms with E-state index in [9.17, 15) is 14.4 Å². The Morgan fingerprint density at radius 3 is 1.95 bits per heavy atom. The standard InChI is InChI=1S/C29H39N3O4Si/c1-6-31(7-2)27(34)23(22-32-20-18-26(33)30-28(32)35)19-21-36-37(29(3,4)5,24-14-10-8-11-15-24)25-16-12-9-13-17-25/h8-18,20,23H,6-7,19,21-22H2,1-5H3,(H,30,33,35). The largest absolute Gasteiger partial charge is 0.407 e. The maximum absolute atomic E-state index is 13.5. The molecule has 1 heterocycles. The second kappa shape index (κ2) is 12.3. The van der Waals surface area contributed by atoms with E-state index in [0.29, 0.717) is 26.1 Å². The number of nitrogens with one attached hydrogen (secondary N) is 1. The van der Waals surface area contributed by atoms with Gasteiger partial charge in [0.2, 0.25) is 5.91 Å². The number of aromatic amines is 1. The first-order valence-corrected chi connectivity index (χ1v) is 14.9. The summed E-state index contributed by atoms with van der Waals surface area (Å²) in [5.74, 6) is -0.490. The van der Waals surface area contributed by atoms with Crippen LogP contribution in [0.2, 0.25) is 5.04 Å². The highest BCUT2D eigenvalue weighted by Gasteiger charge is 2.50. The summed E-state index contributed by atoms with van der Waals surface area (Å²) >= 11 is 0. The Kier molecular flexibility index (Phi) is 9.45. The lowest BCUT2D eigenvalue weighted by molar-refractivity contribution is -0.136. The molecule has 3 aromatic rings. The molecule has 0 fully saturated rings. The molecule has 1 unspecified atom stereocenters. The molecule has 0 saturated carbocycles. The van der Waals surface area contributed by atoms with Crippen molar-refractivity contribution in [3.05, 3.63) is 93.8 Å². The first-order chi connectivity index (χ1) is 17.6. The van der Waals surface area contributed by atoms with E-state index < -0.39 is 25.5 Å². The molecule has 8 heteroatoms. The van der Waals surface area contributed by atoms with Crippen molar-refractivity contribution < 1.29 is 9.22 Å². The van der Waals surface area contributed by atoms with Gasteiger partial charge in [-0.15, -0.1) is 0 Å². The molecule has 1 amide bonds. The zero-order valence-electron chi connectivity index (χ0n) is 22.6. The summed E-state index contributed by atoms with van der Waals surface area (Å²) < 4.78 is 8.40. The average Bonchev–Trinajstić information content (AvgIpc) is 2.88. The molecule has 2 aromatic carbocycles. The molecule has 1 N–H and O–H groups in total. The van der Waals surface area contributed by atoms with Gasteiger partial charge in [0.05, 0.1) is 5.92 Å². The quantitative estimate of drug-likeness (QED) is 0.393. The third-order valence-corrected chi connectivity index (χ3v) is 12.0. The molecule has 0 radical (unpaired) electrons. The summed E-state index contributed by atoms with van der Waals surface area (Å²) in [6.07, 6.45) is 1.90. The minimum atomic E-state index is -2.75. The molecular formula is C29H39N3O4Si. The van der Waals surface area contributed by atoms with Gasteiger partial charge in [0.1, 0.15) is 0 Å². The summed E-state index contributed by atoms with van der Waals surface area (Å²) in [5.41, 5.74) is -0.972. The van der Waals surface area contributed by atoms with Crippen LogP contribution < -0.4 is 21.6 Å². The van der Waals surface area contributed by atoms with Crippen molar-refractivity contribution in [3.8, 4) is 0 Å². The van der Waals surface area contributed by atoms with Crippen LogP contribution in [0.1, 0.15) is 41.0 Å². The SMILES string of the molecule is CCN(CC)C(=O)C(CCO[Si](c1ccccc1)(c1ccccc1)C(C)(C)C)Cn1ccc(=O)[nH]c1=O. The molecule has 0 bridgehead atoms. The zero-order valence-corrected chi connectivity index (χ0v) is 23.6. The second-order valence-electron chi connectivity index (χ2n) is 10.3. The summed E-state index contributed by atoms with van der Waals surface area (Å²) in [6.45, 7) is 12.3. The van der Waals surface area contributed by atoms with Crippen LogP contribution >= 0.6 is 0 Å². The number of hydrogen-bond donors (Lipinski definition) is 1. The third kappa shape index (κ3) is 6.37. The molecule has 7 nitrogen and oxygen atoms in total. The number of carbonyl (C=O) groups is 1. The Labute approximate surface area is 220 Å². The minimum Gasteiger partial charge on any atom is -0.407 e. The van der Waals surface area contributed by atoms with Crippen LogP contribution in [0.5, 0.6) is 0 Å². The van der Waals surface area contributed by atoms with Gasteiger partial charge in [0.25, 0.3) is 13.9 Å². The van der Waals surface area contributed by atoms with Gasteiger partial charge in [-0.25, -0.2) is 4.79 Å². The van der Waals surface area contributed by atoms with Gasteiger partial charge in [0.15, 0.2) is 0 Å². The molecule has 37 heavy (non-hydrogen) atoms. The van der Waals surface area contributed by atoms with Crippen molar-refractivity contribution in [3.63, 3.8) is 0 Å². The minimum absolute atomic E-state index is 0.0193. The van der Waals surface area contributed by atoms with Gasteiger partial charge in [-0.05, 0) is 35.7 Å². The topological polar surface area (TPSA) is 84.4 Å². The van der Waals surface area contributed by atoms with E-state index >= 15 is 0 Å². The van der Waals surface area contributed by atoms with Crippen molar-refractivity contribution in [2.75, 3.05) is 19.7 Å². The Morgan fingerprint density at radius 2 is 1.49 bits per heavy atom. The normalized spacial score (nSPS) is 12.8. The summed E-state index contributed by atoms with van der Waals surface area (Å²) in [7, 11) is -2.75. The Balaban J connectivity index is 1.97. The second-order valence-corrected chi connectivity index (χ2v) is 14.6. The van der Waals surface area contributed by atoms with E-state index in [1.54, 1.807) is 4.90 Å². The van der Waals surface area contributed by atoms with Gasteiger partial charge in [-0.1, -0.05) is 81.4 Å². The maximum atomic E-state index is 13.5. The lowest BCUT2D eigenvalue weighted by Crippen LogP contribution is -2.66. The van der Waals surface area contributed by atoms with E-state index in [2.05, 4.69) is 50.0 Å². The number of rotatable bonds is 11. The highest BCUT2D eigenvalue weighted by molar-refractivity contribution is 6.99. The van der Waals surface area contributed by atoms with Gasteiger partial charge >= 0.3 is 5.69 Å². The predicted octanol–water partition coefficient (Wildman–Crippen LogP) is 2.99. The molecule has 1 atom stereocenters. The van der Waals surface area contributed by atoms with Crippen molar-refractivity contribution in [2.24, 2.45) is 5.92 Å². The molecule has 0 aliphatic carbocycles. The molecule has 198 valence electrons. The van der Waals surface area contributed by atoms with Crippen molar-refractivity contribution in [2.45, 2.75) is 52.6 Å². The summed E-state index contributed by atoms with van der Waals surface area (Å²) in [5, 5.41) is 2.18. The molecule has 1 aromatic heterocycles. The number of amides is 1. The fourth-order valence-corrected chi connectivity index (χ4v) is 9.61. The lowest BCUT2D eigenvalue weighted by atomic mass is 10.0. The number of aromatic nitrogens is 2. The Hall–Kier alpha value is -3.23. The van der Waals surface area contributed by atoms with E-state index in [4.69, 9.17) is 4.43 Å². The van der Waals surface area contributed by atoms with E-state index in [1.807, 2.05) is 50.2 Å². The number of carbonyl (C=O) groups excluding carboxylic acids is 1. The van der Waals surface area contributed by atoms with Crippen LogP contribution in [-0.2, 0) is 15.8 Å². The van der Waals surface area contributed by atoms with Crippen LogP contribution in [0, 0.1) is 5.92 Å². The van der Waals surface area contributed by atoms with Gasteiger partial charge in [-0.2, -0.15) is 0 Å². The molecule has 0 saturated heterocycles. The lowest BCUT2D eigenvalue weighted by Gasteiger charge is -2.43. The average molecular weight is 522 g/mol. The molecule has 0 aliphatic heterocycles. The van der Waals surface area contributed by atoms with Gasteiger partial charge in [0, 0.05) is 38.5 Å². The monoisotopic (exact) mass is 521 g/mol. The molecular weight excluding hydrogens is 482 g/mol. The van der Waals surface area contributed by atoms with Crippen LogP contribution in [0.25, 0.3) is 0 Å². The zero-order chi connectivity index (χ0) is 27.1. The van der Waals surface area contributed by atoms with Crippen LogP contribution in [0.3, 0.4) is 0 Å². The Morgan fingerprint density at radius 1 is 0.946 bits per heavy atom. The first kappa shape index (κ1) is 28.3. The molecule has 0 aliphatic rings. The fraction of sp³-hybridized carbons (Fsp3) is 0.414. The number of hydrogen-bond acceptors (Lipinski definition) is 4. The smallest absolute Gasteiger partial charge is 0.328 e. The van der Waals surface area contributed by atoms with Crippen LogP contribution in [0.15, 0.2) is 82.5 Å². The van der Waals surface area contributed by atoms with Crippen molar-refractivity contribution >= 4 is 24.6 Å². The van der Waals surface area contributed by atoms with E-state index in [1.165, 1.54) is 27.2 Å². The first-order valence-electron chi connectivity index (χ1n) is 13.0. The summed E-state index contributed by atoms with van der Waals surface area (Å²) in [6, 6.07) is 22.1.